The minimum Gasteiger partial charge on any atom is -0.293 e. The van der Waals surface area contributed by atoms with Crippen LogP contribution in [-0.4, -0.2) is 21.0 Å². The van der Waals surface area contributed by atoms with Crippen LogP contribution < -0.4 is 0 Å². The predicted molar refractivity (Wildman–Crippen MR) is 68.0 cm³/mol. The maximum absolute atomic E-state index is 13.4. The Kier molecular flexibility index (Phi) is 5.14. The minimum absolute atomic E-state index is 0.143. The van der Waals surface area contributed by atoms with Gasteiger partial charge in [-0.15, -0.1) is 0 Å². The second kappa shape index (κ2) is 6.18. The Morgan fingerprint density at radius 2 is 1.72 bits per heavy atom. The van der Waals surface area contributed by atoms with E-state index in [1.54, 1.807) is 6.92 Å². The highest BCUT2D eigenvalue weighted by Crippen LogP contribution is 2.15. The number of carbonyl (C=O) groups is 1. The van der Waals surface area contributed by atoms with E-state index in [9.17, 15) is 17.8 Å². The summed E-state index contributed by atoms with van der Waals surface area (Å²) >= 11 is 0. The quantitative estimate of drug-likeness (QED) is 0.774. The Morgan fingerprint density at radius 1 is 1.22 bits per heavy atom. The van der Waals surface area contributed by atoms with E-state index in [0.29, 0.717) is 0 Å². The van der Waals surface area contributed by atoms with Crippen LogP contribution >= 0.6 is 0 Å². The Morgan fingerprint density at radius 3 is 2.17 bits per heavy atom. The van der Waals surface area contributed by atoms with Crippen LogP contribution in [0.4, 0.5) is 8.78 Å². The zero-order valence-corrected chi connectivity index (χ0v) is 11.4. The second-order valence-corrected chi connectivity index (χ2v) is 6.29. The molecule has 0 fully saturated rings. The summed E-state index contributed by atoms with van der Waals surface area (Å²) in [4.78, 5) is 11.8. The molecule has 100 valence electrons. The Hall–Kier alpha value is -1.10. The molecule has 0 bridgehead atoms. The van der Waals surface area contributed by atoms with E-state index < -0.39 is 33.8 Å². The summed E-state index contributed by atoms with van der Waals surface area (Å²) in [5.74, 6) is -2.78. The van der Waals surface area contributed by atoms with Gasteiger partial charge in [-0.2, -0.15) is 0 Å². The molecule has 1 rings (SSSR count). The summed E-state index contributed by atoms with van der Waals surface area (Å²) in [6.07, 6.45) is 0. The van der Waals surface area contributed by atoms with Crippen molar-refractivity contribution in [2.24, 2.45) is 5.92 Å². The third kappa shape index (κ3) is 3.45. The molecule has 2 unspecified atom stereocenters. The van der Waals surface area contributed by atoms with Gasteiger partial charge in [-0.3, -0.25) is 9.00 Å². The van der Waals surface area contributed by atoms with Gasteiger partial charge in [0.15, 0.2) is 5.78 Å². The van der Waals surface area contributed by atoms with E-state index in [1.807, 2.05) is 13.8 Å². The number of carbonyl (C=O) groups excluding carboxylic acids is 1. The number of rotatable bonds is 5. The van der Waals surface area contributed by atoms with E-state index in [-0.39, 0.29) is 16.9 Å². The lowest BCUT2D eigenvalue weighted by Crippen LogP contribution is -2.25. The van der Waals surface area contributed by atoms with Gasteiger partial charge < -0.3 is 0 Å². The highest BCUT2D eigenvalue weighted by atomic mass is 32.2. The largest absolute Gasteiger partial charge is 0.293 e. The van der Waals surface area contributed by atoms with Crippen molar-refractivity contribution in [2.45, 2.75) is 26.0 Å². The number of ketones is 1. The highest BCUT2D eigenvalue weighted by molar-refractivity contribution is 7.86. The van der Waals surface area contributed by atoms with Crippen LogP contribution in [0, 0.1) is 17.6 Å². The molecule has 0 aliphatic rings. The summed E-state index contributed by atoms with van der Waals surface area (Å²) in [6.45, 7) is 5.53. The molecular formula is C13H16F2O2S. The van der Waals surface area contributed by atoms with Gasteiger partial charge >= 0.3 is 0 Å². The molecule has 0 N–H and O–H groups in total. The monoisotopic (exact) mass is 274 g/mol. The Labute approximate surface area is 108 Å². The lowest BCUT2D eigenvalue weighted by Gasteiger charge is -2.14. The average Bonchev–Trinajstić information content (AvgIpc) is 2.27. The van der Waals surface area contributed by atoms with Crippen molar-refractivity contribution in [2.75, 3.05) is 5.75 Å². The molecule has 0 aliphatic carbocycles. The summed E-state index contributed by atoms with van der Waals surface area (Å²) < 4.78 is 38.5. The van der Waals surface area contributed by atoms with Crippen molar-refractivity contribution in [3.63, 3.8) is 0 Å². The second-order valence-electron chi connectivity index (χ2n) is 4.49. The van der Waals surface area contributed by atoms with Crippen molar-refractivity contribution in [1.82, 2.24) is 0 Å². The van der Waals surface area contributed by atoms with Gasteiger partial charge in [0.25, 0.3) is 0 Å². The predicted octanol–water partition coefficient (Wildman–Crippen LogP) is 2.94. The number of benzene rings is 1. The Balaban J connectivity index is 2.87. The molecule has 0 amide bonds. The van der Waals surface area contributed by atoms with Crippen LogP contribution in [-0.2, 0) is 10.8 Å². The van der Waals surface area contributed by atoms with Crippen LogP contribution in [0.3, 0.4) is 0 Å². The fraction of sp³-hybridized carbons (Fsp3) is 0.462. The summed E-state index contributed by atoms with van der Waals surface area (Å²) in [5, 5.41) is -0.191. The van der Waals surface area contributed by atoms with Gasteiger partial charge in [0.05, 0.1) is 11.3 Å². The van der Waals surface area contributed by atoms with Gasteiger partial charge in [0.1, 0.15) is 11.6 Å². The van der Waals surface area contributed by atoms with E-state index >= 15 is 0 Å². The van der Waals surface area contributed by atoms with E-state index in [4.69, 9.17) is 0 Å². The molecule has 1 aromatic rings. The molecule has 0 heterocycles. The molecule has 18 heavy (non-hydrogen) atoms. The molecule has 0 radical (unpaired) electrons. The molecule has 0 aromatic heterocycles. The third-order valence-electron chi connectivity index (χ3n) is 2.87. The van der Waals surface area contributed by atoms with Crippen LogP contribution in [0.5, 0.6) is 0 Å². The van der Waals surface area contributed by atoms with Crippen LogP contribution in [0.2, 0.25) is 0 Å². The van der Waals surface area contributed by atoms with E-state index in [0.717, 1.165) is 12.1 Å². The molecule has 1 aromatic carbocycles. The van der Waals surface area contributed by atoms with E-state index in [1.165, 1.54) is 6.07 Å². The van der Waals surface area contributed by atoms with Gasteiger partial charge in [0, 0.05) is 16.0 Å². The number of hydrogen-bond acceptors (Lipinski definition) is 2. The first kappa shape index (κ1) is 15.0. The van der Waals surface area contributed by atoms with Crippen molar-refractivity contribution in [3.05, 3.63) is 35.4 Å². The fourth-order valence-electron chi connectivity index (χ4n) is 1.40. The zero-order chi connectivity index (χ0) is 13.9. The summed E-state index contributed by atoms with van der Waals surface area (Å²) in [5.41, 5.74) is -0.596. The number of hydrogen-bond donors (Lipinski definition) is 0. The molecule has 5 heteroatoms. The lowest BCUT2D eigenvalue weighted by molar-refractivity contribution is 0.101. The SMILES string of the molecule is CC(C)C(C)S(=O)CC(=O)c1c(F)cccc1F. The Bertz CT molecular complexity index is 452. The van der Waals surface area contributed by atoms with Crippen molar-refractivity contribution in [1.29, 1.82) is 0 Å². The smallest absolute Gasteiger partial charge is 0.181 e. The lowest BCUT2D eigenvalue weighted by atomic mass is 10.1. The topological polar surface area (TPSA) is 34.1 Å². The normalized spacial score (nSPS) is 14.6. The summed E-state index contributed by atoms with van der Waals surface area (Å²) in [6, 6.07) is 3.23. The molecule has 0 spiro atoms. The van der Waals surface area contributed by atoms with Crippen LogP contribution in [0.1, 0.15) is 31.1 Å². The van der Waals surface area contributed by atoms with Gasteiger partial charge in [-0.05, 0) is 18.1 Å². The molecule has 0 aliphatic heterocycles. The first-order chi connectivity index (χ1) is 8.34. The van der Waals surface area contributed by atoms with Crippen molar-refractivity contribution >= 4 is 16.6 Å². The zero-order valence-electron chi connectivity index (χ0n) is 10.6. The van der Waals surface area contributed by atoms with Crippen molar-refractivity contribution < 1.29 is 17.8 Å². The molecule has 0 saturated carbocycles. The third-order valence-corrected chi connectivity index (χ3v) is 4.79. The first-order valence-corrected chi connectivity index (χ1v) is 7.07. The minimum atomic E-state index is -1.42. The van der Waals surface area contributed by atoms with E-state index in [2.05, 4.69) is 0 Å². The number of halogens is 2. The van der Waals surface area contributed by atoms with Crippen LogP contribution in [0.15, 0.2) is 18.2 Å². The van der Waals surface area contributed by atoms with Crippen molar-refractivity contribution in [3.8, 4) is 0 Å². The molecule has 2 atom stereocenters. The fourth-order valence-corrected chi connectivity index (χ4v) is 2.67. The molecule has 2 nitrogen and oxygen atoms in total. The summed E-state index contributed by atoms with van der Waals surface area (Å²) in [7, 11) is -1.42. The number of Topliss-reactive ketones (excluding diaryl/α,β-unsaturated/α-hetero) is 1. The highest BCUT2D eigenvalue weighted by Gasteiger charge is 2.22. The van der Waals surface area contributed by atoms with Gasteiger partial charge in [-0.1, -0.05) is 26.8 Å². The first-order valence-electron chi connectivity index (χ1n) is 5.69. The van der Waals surface area contributed by atoms with Crippen LogP contribution in [0.25, 0.3) is 0 Å². The standard InChI is InChI=1S/C13H16F2O2S/c1-8(2)9(3)18(17)7-12(16)13-10(14)5-4-6-11(13)15/h4-6,8-9H,7H2,1-3H3. The maximum atomic E-state index is 13.4. The molecule has 0 saturated heterocycles. The average molecular weight is 274 g/mol. The maximum Gasteiger partial charge on any atom is 0.181 e. The van der Waals surface area contributed by atoms with Gasteiger partial charge in [-0.25, -0.2) is 8.78 Å². The van der Waals surface area contributed by atoms with Gasteiger partial charge in [0.2, 0.25) is 0 Å². The molecular weight excluding hydrogens is 258 g/mol.